The zero-order valence-electron chi connectivity index (χ0n) is 12.6. The van der Waals surface area contributed by atoms with Gasteiger partial charge in [-0.25, -0.2) is 4.98 Å². The summed E-state index contributed by atoms with van der Waals surface area (Å²) in [7, 11) is 1.82. The summed E-state index contributed by atoms with van der Waals surface area (Å²) >= 11 is 0. The third-order valence-corrected chi connectivity index (χ3v) is 4.41. The molecule has 1 amide bonds. The standard InChI is InChI=1S/C15H17F3N4O/c1-21-8-20-11-6-10(14(19)23)12(7-13(11)21)22-4-2-9(3-5-22)15(16,17)18/h6-9H,2-5H2,1H3,(H2,19,23). The van der Waals surface area contributed by atoms with Crippen LogP contribution in [0.3, 0.4) is 0 Å². The summed E-state index contributed by atoms with van der Waals surface area (Å²) in [5.41, 5.74) is 7.75. The lowest BCUT2D eigenvalue weighted by Gasteiger charge is -2.35. The number of benzene rings is 1. The summed E-state index contributed by atoms with van der Waals surface area (Å²) in [6.07, 6.45) is -2.50. The molecule has 0 bridgehead atoms. The molecule has 1 aliphatic heterocycles. The van der Waals surface area contributed by atoms with Crippen LogP contribution >= 0.6 is 0 Å². The van der Waals surface area contributed by atoms with Crippen molar-refractivity contribution in [3.8, 4) is 0 Å². The summed E-state index contributed by atoms with van der Waals surface area (Å²) < 4.78 is 40.2. The molecule has 0 radical (unpaired) electrons. The van der Waals surface area contributed by atoms with Crippen molar-refractivity contribution in [2.45, 2.75) is 19.0 Å². The summed E-state index contributed by atoms with van der Waals surface area (Å²) in [5.74, 6) is -1.89. The van der Waals surface area contributed by atoms with Gasteiger partial charge in [0.05, 0.1) is 34.5 Å². The number of hydrogen-bond donors (Lipinski definition) is 1. The van der Waals surface area contributed by atoms with Gasteiger partial charge < -0.3 is 15.2 Å². The molecule has 1 aliphatic rings. The SMILES string of the molecule is Cn1cnc2cc(C(N)=O)c(N3CCC(C(F)(F)F)CC3)cc21. The Bertz CT molecular complexity index is 745. The van der Waals surface area contributed by atoms with E-state index in [0.717, 1.165) is 5.52 Å². The molecule has 1 aromatic carbocycles. The molecule has 0 spiro atoms. The number of carbonyl (C=O) groups excluding carboxylic acids is 1. The van der Waals surface area contributed by atoms with Crippen LogP contribution in [0.5, 0.6) is 0 Å². The molecule has 0 atom stereocenters. The van der Waals surface area contributed by atoms with Crippen LogP contribution in [0.4, 0.5) is 18.9 Å². The average Bonchev–Trinajstić information content (AvgIpc) is 2.86. The van der Waals surface area contributed by atoms with Gasteiger partial charge in [0.2, 0.25) is 0 Å². The topological polar surface area (TPSA) is 64.2 Å². The number of nitrogens with two attached hydrogens (primary N) is 1. The number of amides is 1. The largest absolute Gasteiger partial charge is 0.391 e. The number of alkyl halides is 3. The number of aromatic nitrogens is 2. The summed E-state index contributed by atoms with van der Waals surface area (Å²) in [4.78, 5) is 17.7. The fourth-order valence-corrected chi connectivity index (χ4v) is 3.07. The van der Waals surface area contributed by atoms with Crippen molar-refractivity contribution in [2.75, 3.05) is 18.0 Å². The first kappa shape index (κ1) is 15.6. The van der Waals surface area contributed by atoms with Crippen molar-refractivity contribution >= 4 is 22.6 Å². The molecule has 1 saturated heterocycles. The Morgan fingerprint density at radius 1 is 1.30 bits per heavy atom. The highest BCUT2D eigenvalue weighted by molar-refractivity contribution is 6.02. The van der Waals surface area contributed by atoms with Crippen molar-refractivity contribution in [3.05, 3.63) is 24.0 Å². The lowest BCUT2D eigenvalue weighted by atomic mass is 9.95. The highest BCUT2D eigenvalue weighted by Gasteiger charge is 2.41. The normalized spacial score (nSPS) is 17.0. The van der Waals surface area contributed by atoms with Crippen LogP contribution in [0, 0.1) is 5.92 Å². The third-order valence-electron chi connectivity index (χ3n) is 4.41. The fourth-order valence-electron chi connectivity index (χ4n) is 3.07. The highest BCUT2D eigenvalue weighted by Crippen LogP contribution is 2.36. The summed E-state index contributed by atoms with van der Waals surface area (Å²) in [6.45, 7) is 0.488. The van der Waals surface area contributed by atoms with Crippen LogP contribution in [0.25, 0.3) is 11.0 Å². The Labute approximate surface area is 130 Å². The van der Waals surface area contributed by atoms with Gasteiger partial charge in [0, 0.05) is 20.1 Å². The number of rotatable bonds is 2. The molecule has 3 rings (SSSR count). The van der Waals surface area contributed by atoms with Gasteiger partial charge >= 0.3 is 6.18 Å². The smallest absolute Gasteiger partial charge is 0.371 e. The number of carbonyl (C=O) groups is 1. The van der Waals surface area contributed by atoms with Crippen LogP contribution in [0.2, 0.25) is 0 Å². The number of halogens is 3. The fraction of sp³-hybridized carbons (Fsp3) is 0.467. The maximum Gasteiger partial charge on any atom is 0.391 e. The quantitative estimate of drug-likeness (QED) is 0.922. The van der Waals surface area contributed by atoms with Crippen LogP contribution < -0.4 is 10.6 Å². The monoisotopic (exact) mass is 326 g/mol. The average molecular weight is 326 g/mol. The van der Waals surface area contributed by atoms with Crippen molar-refractivity contribution in [2.24, 2.45) is 18.7 Å². The maximum absolute atomic E-state index is 12.8. The van der Waals surface area contributed by atoms with E-state index >= 15 is 0 Å². The molecule has 0 unspecified atom stereocenters. The van der Waals surface area contributed by atoms with Crippen molar-refractivity contribution in [3.63, 3.8) is 0 Å². The van der Waals surface area contributed by atoms with Crippen LogP contribution in [0.1, 0.15) is 23.2 Å². The molecule has 5 nitrogen and oxygen atoms in total. The second-order valence-corrected chi connectivity index (χ2v) is 5.88. The number of nitrogens with zero attached hydrogens (tertiary/aromatic N) is 3. The van der Waals surface area contributed by atoms with E-state index in [0.29, 0.717) is 16.8 Å². The molecule has 0 saturated carbocycles. The molecule has 23 heavy (non-hydrogen) atoms. The molecular formula is C15H17F3N4O. The van der Waals surface area contributed by atoms with Gasteiger partial charge in [-0.2, -0.15) is 13.2 Å². The number of piperidine rings is 1. The first-order valence-corrected chi connectivity index (χ1v) is 7.34. The van der Waals surface area contributed by atoms with Crippen molar-refractivity contribution < 1.29 is 18.0 Å². The minimum Gasteiger partial charge on any atom is -0.371 e. The van der Waals surface area contributed by atoms with Gasteiger partial charge in [-0.1, -0.05) is 0 Å². The lowest BCUT2D eigenvalue weighted by molar-refractivity contribution is -0.179. The Balaban J connectivity index is 1.94. The van der Waals surface area contributed by atoms with Gasteiger partial charge in [0.1, 0.15) is 0 Å². The zero-order chi connectivity index (χ0) is 16.8. The number of fused-ring (bicyclic) bond motifs is 1. The van der Waals surface area contributed by atoms with Gasteiger partial charge in [-0.3, -0.25) is 4.79 Å². The highest BCUT2D eigenvalue weighted by atomic mass is 19.4. The molecule has 8 heteroatoms. The number of primary amides is 1. The molecule has 2 heterocycles. The van der Waals surface area contributed by atoms with E-state index in [1.807, 2.05) is 7.05 Å². The Morgan fingerprint density at radius 2 is 1.96 bits per heavy atom. The van der Waals surface area contributed by atoms with E-state index in [1.165, 1.54) is 0 Å². The predicted molar refractivity (Wildman–Crippen MR) is 80.2 cm³/mol. The van der Waals surface area contributed by atoms with E-state index < -0.39 is 18.0 Å². The maximum atomic E-state index is 12.8. The molecular weight excluding hydrogens is 309 g/mol. The van der Waals surface area contributed by atoms with E-state index in [9.17, 15) is 18.0 Å². The van der Waals surface area contributed by atoms with Crippen molar-refractivity contribution in [1.82, 2.24) is 9.55 Å². The Morgan fingerprint density at radius 3 is 2.52 bits per heavy atom. The van der Waals surface area contributed by atoms with E-state index in [1.54, 1.807) is 27.9 Å². The first-order valence-electron chi connectivity index (χ1n) is 7.34. The van der Waals surface area contributed by atoms with Crippen LogP contribution in [0.15, 0.2) is 18.5 Å². The van der Waals surface area contributed by atoms with E-state index in [4.69, 9.17) is 5.73 Å². The van der Waals surface area contributed by atoms with Gasteiger partial charge in [-0.15, -0.1) is 0 Å². The molecule has 124 valence electrons. The minimum absolute atomic E-state index is 0.0190. The number of aryl methyl sites for hydroxylation is 1. The van der Waals surface area contributed by atoms with E-state index in [-0.39, 0.29) is 25.9 Å². The minimum atomic E-state index is -4.16. The van der Waals surface area contributed by atoms with Gasteiger partial charge in [0.15, 0.2) is 0 Å². The van der Waals surface area contributed by atoms with Gasteiger partial charge in [0.25, 0.3) is 5.91 Å². The molecule has 2 N–H and O–H groups in total. The Hall–Kier alpha value is -2.25. The molecule has 2 aromatic rings. The summed E-state index contributed by atoms with van der Waals surface area (Å²) in [5, 5.41) is 0. The Kier molecular flexibility index (Phi) is 3.69. The van der Waals surface area contributed by atoms with Gasteiger partial charge in [-0.05, 0) is 25.0 Å². The summed E-state index contributed by atoms with van der Waals surface area (Å²) in [6, 6.07) is 3.37. The molecule has 1 fully saturated rings. The zero-order valence-corrected chi connectivity index (χ0v) is 12.6. The molecule has 1 aromatic heterocycles. The number of anilines is 1. The second kappa shape index (κ2) is 5.43. The van der Waals surface area contributed by atoms with Crippen molar-refractivity contribution in [1.29, 1.82) is 0 Å². The first-order chi connectivity index (χ1) is 10.8. The lowest BCUT2D eigenvalue weighted by Crippen LogP contribution is -2.39. The van der Waals surface area contributed by atoms with Crippen LogP contribution in [-0.4, -0.2) is 34.7 Å². The van der Waals surface area contributed by atoms with Crippen LogP contribution in [-0.2, 0) is 7.05 Å². The van der Waals surface area contributed by atoms with E-state index in [2.05, 4.69) is 4.98 Å². The predicted octanol–water partition coefficient (Wildman–Crippen LogP) is 2.45. The second-order valence-electron chi connectivity index (χ2n) is 5.88. The third kappa shape index (κ3) is 2.85. The number of hydrogen-bond acceptors (Lipinski definition) is 3. The number of imidazole rings is 1. The molecule has 0 aliphatic carbocycles.